The Morgan fingerprint density at radius 3 is 1.62 bits per heavy atom. The van der Waals surface area contributed by atoms with E-state index in [0.717, 1.165) is 0 Å². The number of ether oxygens (including phenoxy) is 2. The quantitative estimate of drug-likeness (QED) is 0.695. The van der Waals surface area contributed by atoms with Crippen molar-refractivity contribution in [3.8, 4) is 0 Å². The number of hydrogen-bond acceptors (Lipinski definition) is 4. The molecule has 4 nitrogen and oxygen atoms in total. The van der Waals surface area contributed by atoms with E-state index in [1.54, 1.807) is 13.8 Å². The van der Waals surface area contributed by atoms with Crippen molar-refractivity contribution < 1.29 is 19.1 Å². The Morgan fingerprint density at radius 1 is 1.08 bits per heavy atom. The van der Waals surface area contributed by atoms with Gasteiger partial charge in [-0.25, -0.2) is 9.59 Å². The summed E-state index contributed by atoms with van der Waals surface area (Å²) in [5.41, 5.74) is -2.26. The number of carbonyl (C=O) groups is 2. The van der Waals surface area contributed by atoms with Crippen LogP contribution in [0, 0.1) is 5.41 Å². The van der Waals surface area contributed by atoms with Crippen LogP contribution in [-0.2, 0) is 9.47 Å². The monoisotopic (exact) mass is 228 g/mol. The first-order chi connectivity index (χ1) is 5.83. The van der Waals surface area contributed by atoms with Gasteiger partial charge in [0.1, 0.15) is 13.2 Å². The Bertz CT molecular complexity index is 183. The lowest BCUT2D eigenvalue weighted by Crippen LogP contribution is -2.26. The average molecular weight is 229 g/mol. The summed E-state index contributed by atoms with van der Waals surface area (Å²) in [6.07, 6.45) is 0. The molecule has 13 heavy (non-hydrogen) atoms. The van der Waals surface area contributed by atoms with Gasteiger partial charge in [0, 0.05) is 28.6 Å². The van der Waals surface area contributed by atoms with E-state index in [0.29, 0.717) is 0 Å². The Balaban J connectivity index is 3.79. The van der Waals surface area contributed by atoms with Gasteiger partial charge >= 0.3 is 10.9 Å². The average Bonchev–Trinajstić information content (AvgIpc) is 1.98. The fourth-order valence-electron chi connectivity index (χ4n) is 0.546. The summed E-state index contributed by atoms with van der Waals surface area (Å²) in [5, 5.41) is 0. The maximum absolute atomic E-state index is 10.2. The molecule has 0 aliphatic carbocycles. The molecule has 0 saturated carbocycles. The molecule has 0 rings (SSSR count). The standard InChI is InChI=1S/C7H10Cl2O4/c1-7(2,3-12-5(8)10)4-13-6(9)11/h3-4H2,1-2H3. The van der Waals surface area contributed by atoms with Crippen molar-refractivity contribution in [1.29, 1.82) is 0 Å². The SMILES string of the molecule is CC(C)(COC(=O)Cl)COC(=O)Cl. The van der Waals surface area contributed by atoms with Crippen LogP contribution in [0.2, 0.25) is 0 Å². The first-order valence-corrected chi connectivity index (χ1v) is 4.23. The Kier molecular flexibility index (Phi) is 5.10. The molecular formula is C7H10Cl2O4. The molecule has 0 aromatic carbocycles. The van der Waals surface area contributed by atoms with Gasteiger partial charge in [-0.2, -0.15) is 0 Å². The normalized spacial score (nSPS) is 10.8. The highest BCUT2D eigenvalue weighted by atomic mass is 35.5. The predicted octanol–water partition coefficient (Wildman–Crippen LogP) is 2.76. The Morgan fingerprint density at radius 2 is 1.38 bits per heavy atom. The van der Waals surface area contributed by atoms with Crippen LogP contribution in [0.15, 0.2) is 0 Å². The van der Waals surface area contributed by atoms with Gasteiger partial charge in [-0.05, 0) is 0 Å². The van der Waals surface area contributed by atoms with Gasteiger partial charge in [0.25, 0.3) is 0 Å². The largest absolute Gasteiger partial charge is 0.453 e. The van der Waals surface area contributed by atoms with E-state index in [-0.39, 0.29) is 13.2 Å². The lowest BCUT2D eigenvalue weighted by Gasteiger charge is -2.21. The fraction of sp³-hybridized carbons (Fsp3) is 0.714. The summed E-state index contributed by atoms with van der Waals surface area (Å²) in [7, 11) is 0. The smallest absolute Gasteiger partial charge is 0.403 e. The fourth-order valence-corrected chi connectivity index (χ4v) is 0.655. The molecule has 0 aliphatic rings. The third-order valence-corrected chi connectivity index (χ3v) is 1.37. The molecule has 0 unspecified atom stereocenters. The molecule has 0 aromatic rings. The van der Waals surface area contributed by atoms with E-state index in [1.165, 1.54) is 0 Å². The van der Waals surface area contributed by atoms with Crippen molar-refractivity contribution in [3.63, 3.8) is 0 Å². The van der Waals surface area contributed by atoms with E-state index in [1.807, 2.05) is 0 Å². The van der Waals surface area contributed by atoms with Crippen LogP contribution in [0.4, 0.5) is 9.59 Å². The zero-order chi connectivity index (χ0) is 10.5. The van der Waals surface area contributed by atoms with Crippen molar-refractivity contribution in [2.45, 2.75) is 13.8 Å². The number of carbonyl (C=O) groups excluding carboxylic acids is 2. The third kappa shape index (κ3) is 7.87. The highest BCUT2D eigenvalue weighted by Gasteiger charge is 2.21. The van der Waals surface area contributed by atoms with E-state index < -0.39 is 16.3 Å². The Labute approximate surface area is 86.1 Å². The van der Waals surface area contributed by atoms with Gasteiger partial charge in [0.2, 0.25) is 0 Å². The third-order valence-electron chi connectivity index (χ3n) is 1.15. The molecule has 0 heterocycles. The first-order valence-electron chi connectivity index (χ1n) is 3.48. The minimum atomic E-state index is -0.884. The molecule has 0 saturated heterocycles. The maximum atomic E-state index is 10.2. The van der Waals surface area contributed by atoms with Crippen molar-refractivity contribution in [2.24, 2.45) is 5.41 Å². The van der Waals surface area contributed by atoms with Crippen molar-refractivity contribution in [1.82, 2.24) is 0 Å². The number of rotatable bonds is 4. The van der Waals surface area contributed by atoms with Gasteiger partial charge in [-0.15, -0.1) is 0 Å². The summed E-state index contributed by atoms with van der Waals surface area (Å²) in [4.78, 5) is 20.5. The van der Waals surface area contributed by atoms with Gasteiger partial charge < -0.3 is 9.47 Å². The highest BCUT2D eigenvalue weighted by molar-refractivity contribution is 6.61. The Hall–Kier alpha value is -0.480. The van der Waals surface area contributed by atoms with Crippen LogP contribution in [0.5, 0.6) is 0 Å². The summed E-state index contributed by atoms with van der Waals surface area (Å²) >= 11 is 9.90. The van der Waals surface area contributed by atoms with Gasteiger partial charge in [0.15, 0.2) is 0 Å². The second-order valence-electron chi connectivity index (χ2n) is 3.22. The first kappa shape index (κ1) is 12.5. The van der Waals surface area contributed by atoms with Crippen LogP contribution in [0.3, 0.4) is 0 Å². The van der Waals surface area contributed by atoms with Crippen LogP contribution < -0.4 is 0 Å². The van der Waals surface area contributed by atoms with Crippen molar-refractivity contribution in [2.75, 3.05) is 13.2 Å². The maximum Gasteiger partial charge on any atom is 0.403 e. The molecule has 0 spiro atoms. The van der Waals surface area contributed by atoms with E-state index in [9.17, 15) is 9.59 Å². The van der Waals surface area contributed by atoms with Crippen molar-refractivity contribution >= 4 is 34.1 Å². The van der Waals surface area contributed by atoms with Crippen LogP contribution >= 0.6 is 23.2 Å². The molecule has 76 valence electrons. The van der Waals surface area contributed by atoms with E-state index >= 15 is 0 Å². The molecular weight excluding hydrogens is 219 g/mol. The van der Waals surface area contributed by atoms with Gasteiger partial charge in [-0.1, -0.05) is 13.8 Å². The summed E-state index contributed by atoms with van der Waals surface area (Å²) in [6, 6.07) is 0. The summed E-state index contributed by atoms with van der Waals surface area (Å²) < 4.78 is 9.06. The molecule has 0 N–H and O–H groups in total. The van der Waals surface area contributed by atoms with E-state index in [2.05, 4.69) is 9.47 Å². The van der Waals surface area contributed by atoms with E-state index in [4.69, 9.17) is 23.2 Å². The molecule has 0 radical (unpaired) electrons. The van der Waals surface area contributed by atoms with Crippen LogP contribution in [0.1, 0.15) is 13.8 Å². The topological polar surface area (TPSA) is 52.6 Å². The number of halogens is 2. The van der Waals surface area contributed by atoms with Crippen LogP contribution in [0.25, 0.3) is 0 Å². The lowest BCUT2D eigenvalue weighted by atomic mass is 9.96. The lowest BCUT2D eigenvalue weighted by molar-refractivity contribution is 0.0637. The number of hydrogen-bond donors (Lipinski definition) is 0. The van der Waals surface area contributed by atoms with Gasteiger partial charge in [0.05, 0.1) is 0 Å². The minimum absolute atomic E-state index is 0.0690. The minimum Gasteiger partial charge on any atom is -0.453 e. The molecule has 0 fully saturated rings. The summed E-state index contributed by atoms with van der Waals surface area (Å²) in [5.74, 6) is 0. The highest BCUT2D eigenvalue weighted by Crippen LogP contribution is 2.17. The van der Waals surface area contributed by atoms with Crippen molar-refractivity contribution in [3.05, 3.63) is 0 Å². The molecule has 6 heteroatoms. The second-order valence-corrected chi connectivity index (χ2v) is 3.83. The molecule has 0 bridgehead atoms. The van der Waals surface area contributed by atoms with Gasteiger partial charge in [-0.3, -0.25) is 0 Å². The second kappa shape index (κ2) is 5.29. The molecule has 0 amide bonds. The predicted molar refractivity (Wildman–Crippen MR) is 48.2 cm³/mol. The molecule has 0 aliphatic heterocycles. The zero-order valence-electron chi connectivity index (χ0n) is 7.30. The summed E-state index contributed by atoms with van der Waals surface area (Å²) in [6.45, 7) is 3.62. The molecule has 0 aromatic heterocycles. The van der Waals surface area contributed by atoms with Crippen LogP contribution in [-0.4, -0.2) is 24.1 Å². The zero-order valence-corrected chi connectivity index (χ0v) is 8.81. The molecule has 0 atom stereocenters.